The van der Waals surface area contributed by atoms with Crippen molar-refractivity contribution in [1.82, 2.24) is 0 Å². The third-order valence-corrected chi connectivity index (χ3v) is 2.84. The fourth-order valence-electron chi connectivity index (χ4n) is 1.99. The summed E-state index contributed by atoms with van der Waals surface area (Å²) in [5.41, 5.74) is 0. The normalized spacial score (nSPS) is 23.5. The van der Waals surface area contributed by atoms with Crippen LogP contribution in [0.1, 0.15) is 26.2 Å². The van der Waals surface area contributed by atoms with Gasteiger partial charge in [0.1, 0.15) is 0 Å². The van der Waals surface area contributed by atoms with E-state index >= 15 is 0 Å². The zero-order valence-corrected chi connectivity index (χ0v) is 7.81. The molecule has 0 saturated carbocycles. The van der Waals surface area contributed by atoms with Crippen LogP contribution < -0.4 is 0 Å². The van der Waals surface area contributed by atoms with E-state index in [9.17, 15) is 0 Å². The zero-order chi connectivity index (χ0) is 8.16. The van der Waals surface area contributed by atoms with E-state index in [0.717, 1.165) is 6.73 Å². The van der Waals surface area contributed by atoms with E-state index < -0.39 is 0 Å². The van der Waals surface area contributed by atoms with Gasteiger partial charge in [0, 0.05) is 7.11 Å². The van der Waals surface area contributed by atoms with Crippen molar-refractivity contribution >= 4 is 0 Å². The second-order valence-corrected chi connectivity index (χ2v) is 3.58. The molecule has 1 fully saturated rings. The van der Waals surface area contributed by atoms with Crippen LogP contribution in [0.25, 0.3) is 0 Å². The lowest BCUT2D eigenvalue weighted by Crippen LogP contribution is -2.52. The van der Waals surface area contributed by atoms with Crippen molar-refractivity contribution < 1.29 is 9.22 Å². The Morgan fingerprint density at radius 2 is 1.82 bits per heavy atom. The van der Waals surface area contributed by atoms with E-state index in [1.807, 2.05) is 7.11 Å². The summed E-state index contributed by atoms with van der Waals surface area (Å²) in [7, 11) is 1.81. The van der Waals surface area contributed by atoms with E-state index in [1.54, 1.807) is 0 Å². The Labute approximate surface area is 69.7 Å². The molecule has 0 unspecified atom stereocenters. The summed E-state index contributed by atoms with van der Waals surface area (Å²) in [6.07, 6.45) is 4.19. The summed E-state index contributed by atoms with van der Waals surface area (Å²) in [5, 5.41) is 0. The first kappa shape index (κ1) is 9.01. The topological polar surface area (TPSA) is 9.23 Å². The van der Waals surface area contributed by atoms with Crippen LogP contribution in [0.4, 0.5) is 0 Å². The Hall–Kier alpha value is -0.0800. The summed E-state index contributed by atoms with van der Waals surface area (Å²) >= 11 is 0. The highest BCUT2D eigenvalue weighted by Gasteiger charge is 2.27. The second-order valence-electron chi connectivity index (χ2n) is 3.58. The quantitative estimate of drug-likeness (QED) is 0.567. The molecule has 0 aliphatic carbocycles. The first-order chi connectivity index (χ1) is 5.33. The molecule has 11 heavy (non-hydrogen) atoms. The van der Waals surface area contributed by atoms with Crippen molar-refractivity contribution in [3.63, 3.8) is 0 Å². The first-order valence-corrected chi connectivity index (χ1v) is 4.67. The van der Waals surface area contributed by atoms with Crippen molar-refractivity contribution in [3.8, 4) is 0 Å². The van der Waals surface area contributed by atoms with Crippen LogP contribution in [0.5, 0.6) is 0 Å². The van der Waals surface area contributed by atoms with Crippen LogP contribution in [-0.2, 0) is 4.74 Å². The molecule has 0 aromatic carbocycles. The third-order valence-electron chi connectivity index (χ3n) is 2.84. The molecule has 1 heterocycles. The maximum Gasteiger partial charge on any atom is 0.182 e. The Kier molecular flexibility index (Phi) is 3.34. The van der Waals surface area contributed by atoms with Gasteiger partial charge >= 0.3 is 0 Å². The molecule has 0 bridgehead atoms. The maximum atomic E-state index is 5.25. The maximum absolute atomic E-state index is 5.25. The molecule has 0 amide bonds. The molecule has 2 nitrogen and oxygen atoms in total. The molecule has 1 aliphatic rings. The Balaban J connectivity index is 2.42. The standard InChI is InChI=1S/C9H20NO/c1-3-10(9-11-2)7-5-4-6-8-10/h3-9H2,1-2H3/q+1. The molecular formula is C9H20NO+. The molecule has 0 radical (unpaired) electrons. The van der Waals surface area contributed by atoms with Gasteiger partial charge in [-0.2, -0.15) is 0 Å². The number of nitrogens with zero attached hydrogens (tertiary/aromatic N) is 1. The number of hydrogen-bond acceptors (Lipinski definition) is 1. The molecule has 0 aromatic heterocycles. The number of rotatable bonds is 3. The van der Waals surface area contributed by atoms with Crippen molar-refractivity contribution in [2.75, 3.05) is 33.5 Å². The molecule has 2 heteroatoms. The van der Waals surface area contributed by atoms with Gasteiger partial charge in [0.05, 0.1) is 19.6 Å². The second kappa shape index (κ2) is 4.07. The minimum atomic E-state index is 0.913. The highest BCUT2D eigenvalue weighted by molar-refractivity contribution is 4.50. The van der Waals surface area contributed by atoms with Gasteiger partial charge in [0.15, 0.2) is 6.73 Å². The van der Waals surface area contributed by atoms with Crippen LogP contribution in [0.2, 0.25) is 0 Å². The number of ether oxygens (including phenoxy) is 1. The lowest BCUT2D eigenvalue weighted by molar-refractivity contribution is -0.947. The van der Waals surface area contributed by atoms with Gasteiger partial charge in [-0.25, -0.2) is 0 Å². The lowest BCUT2D eigenvalue weighted by Gasteiger charge is -2.39. The van der Waals surface area contributed by atoms with Gasteiger partial charge in [-0.15, -0.1) is 0 Å². The summed E-state index contributed by atoms with van der Waals surface area (Å²) < 4.78 is 6.44. The first-order valence-electron chi connectivity index (χ1n) is 4.67. The van der Waals surface area contributed by atoms with Gasteiger partial charge in [0.2, 0.25) is 0 Å². The van der Waals surface area contributed by atoms with Gasteiger partial charge in [0.25, 0.3) is 0 Å². The monoisotopic (exact) mass is 158 g/mol. The van der Waals surface area contributed by atoms with Crippen LogP contribution in [0.15, 0.2) is 0 Å². The van der Waals surface area contributed by atoms with Gasteiger partial charge < -0.3 is 9.22 Å². The lowest BCUT2D eigenvalue weighted by atomic mass is 10.1. The van der Waals surface area contributed by atoms with Gasteiger partial charge in [-0.05, 0) is 26.2 Å². The van der Waals surface area contributed by atoms with Crippen molar-refractivity contribution in [3.05, 3.63) is 0 Å². The smallest absolute Gasteiger partial charge is 0.182 e. The predicted octanol–water partition coefficient (Wildman–Crippen LogP) is 1.61. The van der Waals surface area contributed by atoms with Crippen LogP contribution >= 0.6 is 0 Å². The highest BCUT2D eigenvalue weighted by Crippen LogP contribution is 2.17. The zero-order valence-electron chi connectivity index (χ0n) is 7.81. The fourth-order valence-corrected chi connectivity index (χ4v) is 1.99. The van der Waals surface area contributed by atoms with E-state index in [4.69, 9.17) is 4.74 Å². The molecule has 1 saturated heterocycles. The Morgan fingerprint density at radius 3 is 2.27 bits per heavy atom. The third kappa shape index (κ3) is 2.17. The van der Waals surface area contributed by atoms with E-state index in [0.29, 0.717) is 0 Å². The van der Waals surface area contributed by atoms with Crippen molar-refractivity contribution in [2.24, 2.45) is 0 Å². The summed E-state index contributed by atoms with van der Waals surface area (Å²) in [6.45, 7) is 7.06. The van der Waals surface area contributed by atoms with Crippen molar-refractivity contribution in [2.45, 2.75) is 26.2 Å². The van der Waals surface area contributed by atoms with Crippen LogP contribution in [-0.4, -0.2) is 38.0 Å². The molecular weight excluding hydrogens is 138 g/mol. The van der Waals surface area contributed by atoms with Crippen LogP contribution in [0, 0.1) is 0 Å². The number of hydrogen-bond donors (Lipinski definition) is 0. The molecule has 66 valence electrons. The molecule has 0 spiro atoms. The summed E-state index contributed by atoms with van der Waals surface area (Å²) in [5.74, 6) is 0. The fraction of sp³-hybridized carbons (Fsp3) is 1.00. The average Bonchev–Trinajstić information content (AvgIpc) is 2.07. The van der Waals surface area contributed by atoms with Crippen molar-refractivity contribution in [1.29, 1.82) is 0 Å². The largest absolute Gasteiger partial charge is 0.335 e. The van der Waals surface area contributed by atoms with E-state index in [-0.39, 0.29) is 0 Å². The Morgan fingerprint density at radius 1 is 1.18 bits per heavy atom. The average molecular weight is 158 g/mol. The molecule has 0 N–H and O–H groups in total. The molecule has 0 atom stereocenters. The molecule has 1 rings (SSSR count). The Bertz CT molecular complexity index is 103. The SMILES string of the molecule is CC[N+]1(COC)CCCCC1. The number of likely N-dealkylation sites (tertiary alicyclic amines) is 1. The van der Waals surface area contributed by atoms with Gasteiger partial charge in [-0.1, -0.05) is 0 Å². The summed E-state index contributed by atoms with van der Waals surface area (Å²) in [4.78, 5) is 0. The van der Waals surface area contributed by atoms with Gasteiger partial charge in [-0.3, -0.25) is 0 Å². The predicted molar refractivity (Wildman–Crippen MR) is 46.3 cm³/mol. The van der Waals surface area contributed by atoms with E-state index in [1.165, 1.54) is 43.4 Å². The van der Waals surface area contributed by atoms with Crippen LogP contribution in [0.3, 0.4) is 0 Å². The minimum Gasteiger partial charge on any atom is -0.335 e. The molecule has 1 aliphatic heterocycles. The molecule has 0 aromatic rings. The minimum absolute atomic E-state index is 0.913. The van der Waals surface area contributed by atoms with E-state index in [2.05, 4.69) is 6.92 Å². The summed E-state index contributed by atoms with van der Waals surface area (Å²) in [6, 6.07) is 0. The number of methoxy groups -OCH3 is 1. The number of piperidine rings is 1. The highest BCUT2D eigenvalue weighted by atomic mass is 16.5. The number of quaternary nitrogens is 1.